The number of hydrogen-bond donors (Lipinski definition) is 3. The zero-order chi connectivity index (χ0) is 15.1. The molecule has 1 heterocycles. The van der Waals surface area contributed by atoms with Crippen molar-refractivity contribution >= 4 is 5.91 Å². The summed E-state index contributed by atoms with van der Waals surface area (Å²) in [5.41, 5.74) is 7.12. The van der Waals surface area contributed by atoms with Crippen LogP contribution in [-0.2, 0) is 24.3 Å². The van der Waals surface area contributed by atoms with Crippen LogP contribution in [0.1, 0.15) is 11.3 Å². The van der Waals surface area contributed by atoms with Gasteiger partial charge in [-0.15, -0.1) is 5.10 Å². The molecule has 1 atom stereocenters. The van der Waals surface area contributed by atoms with Crippen molar-refractivity contribution < 1.29 is 9.90 Å². The summed E-state index contributed by atoms with van der Waals surface area (Å²) in [6.07, 6.45) is 2.21. The van der Waals surface area contributed by atoms with Crippen LogP contribution in [0.3, 0.4) is 0 Å². The molecular formula is C14H19N5O2. The number of rotatable bonds is 7. The minimum absolute atomic E-state index is 0.0539. The summed E-state index contributed by atoms with van der Waals surface area (Å²) >= 11 is 0. The molecule has 7 nitrogen and oxygen atoms in total. The highest BCUT2D eigenvalue weighted by atomic mass is 16.3. The van der Waals surface area contributed by atoms with E-state index in [1.807, 2.05) is 30.3 Å². The van der Waals surface area contributed by atoms with E-state index in [4.69, 9.17) is 5.73 Å². The summed E-state index contributed by atoms with van der Waals surface area (Å²) in [5.74, 6) is -0.224. The molecule has 0 bridgehead atoms. The van der Waals surface area contributed by atoms with Crippen molar-refractivity contribution in [1.29, 1.82) is 0 Å². The Morgan fingerprint density at radius 1 is 1.38 bits per heavy atom. The smallest absolute Gasteiger partial charge is 0.242 e. The van der Waals surface area contributed by atoms with E-state index in [9.17, 15) is 9.90 Å². The van der Waals surface area contributed by atoms with Crippen molar-refractivity contribution in [3.05, 3.63) is 47.8 Å². The topological polar surface area (TPSA) is 106 Å². The lowest BCUT2D eigenvalue weighted by Crippen LogP contribution is -2.40. The number of amides is 1. The normalized spacial score (nSPS) is 12.1. The number of aliphatic hydroxyl groups is 1. The molecule has 0 aliphatic rings. The van der Waals surface area contributed by atoms with Gasteiger partial charge in [-0.1, -0.05) is 35.5 Å². The van der Waals surface area contributed by atoms with E-state index in [0.29, 0.717) is 12.1 Å². The summed E-state index contributed by atoms with van der Waals surface area (Å²) in [4.78, 5) is 11.9. The predicted octanol–water partition coefficient (Wildman–Crippen LogP) is -0.543. The van der Waals surface area contributed by atoms with Crippen molar-refractivity contribution in [3.8, 4) is 0 Å². The Morgan fingerprint density at radius 3 is 2.76 bits per heavy atom. The van der Waals surface area contributed by atoms with Crippen LogP contribution >= 0.6 is 0 Å². The minimum atomic E-state index is -0.322. The molecule has 0 aliphatic carbocycles. The van der Waals surface area contributed by atoms with E-state index in [1.165, 1.54) is 4.68 Å². The fourth-order valence-electron chi connectivity index (χ4n) is 1.99. The minimum Gasteiger partial charge on any atom is -0.394 e. The van der Waals surface area contributed by atoms with Crippen molar-refractivity contribution in [2.45, 2.75) is 25.6 Å². The third-order valence-electron chi connectivity index (χ3n) is 3.01. The van der Waals surface area contributed by atoms with Gasteiger partial charge in [-0.2, -0.15) is 0 Å². The lowest BCUT2D eigenvalue weighted by atomic mass is 10.1. The van der Waals surface area contributed by atoms with Crippen molar-refractivity contribution in [2.24, 2.45) is 5.73 Å². The maximum atomic E-state index is 11.9. The highest BCUT2D eigenvalue weighted by Gasteiger charge is 2.13. The number of nitrogens with zero attached hydrogens (tertiary/aromatic N) is 3. The number of hydrogen-bond acceptors (Lipinski definition) is 5. The van der Waals surface area contributed by atoms with E-state index in [2.05, 4.69) is 15.6 Å². The molecule has 112 valence electrons. The molecule has 0 saturated carbocycles. The SMILES string of the molecule is NCc1cn(CC(=O)NC(CO)Cc2ccccc2)nn1. The highest BCUT2D eigenvalue weighted by molar-refractivity contribution is 5.76. The maximum absolute atomic E-state index is 11.9. The molecule has 0 spiro atoms. The molecule has 0 fully saturated rings. The zero-order valence-corrected chi connectivity index (χ0v) is 11.6. The van der Waals surface area contributed by atoms with Gasteiger partial charge in [0, 0.05) is 6.54 Å². The summed E-state index contributed by atoms with van der Waals surface area (Å²) in [6, 6.07) is 9.37. The lowest BCUT2D eigenvalue weighted by molar-refractivity contribution is -0.122. The molecule has 2 rings (SSSR count). The van der Waals surface area contributed by atoms with Gasteiger partial charge >= 0.3 is 0 Å². The van der Waals surface area contributed by atoms with Crippen LogP contribution < -0.4 is 11.1 Å². The fourth-order valence-corrected chi connectivity index (χ4v) is 1.99. The molecule has 4 N–H and O–H groups in total. The highest BCUT2D eigenvalue weighted by Crippen LogP contribution is 2.03. The Morgan fingerprint density at radius 2 is 2.14 bits per heavy atom. The fraction of sp³-hybridized carbons (Fsp3) is 0.357. The molecule has 1 aromatic heterocycles. The van der Waals surface area contributed by atoms with E-state index < -0.39 is 0 Å². The molecule has 1 aromatic carbocycles. The van der Waals surface area contributed by atoms with Crippen molar-refractivity contribution in [2.75, 3.05) is 6.61 Å². The number of benzene rings is 1. The molecular weight excluding hydrogens is 270 g/mol. The predicted molar refractivity (Wildman–Crippen MR) is 77.1 cm³/mol. The van der Waals surface area contributed by atoms with Gasteiger partial charge in [-0.3, -0.25) is 4.79 Å². The Bertz CT molecular complexity index is 570. The lowest BCUT2D eigenvalue weighted by Gasteiger charge is -2.16. The maximum Gasteiger partial charge on any atom is 0.242 e. The molecule has 0 aliphatic heterocycles. The number of carbonyl (C=O) groups is 1. The second kappa shape index (κ2) is 7.51. The Kier molecular flexibility index (Phi) is 5.42. The number of nitrogens with two attached hydrogens (primary N) is 1. The average molecular weight is 289 g/mol. The van der Waals surface area contributed by atoms with Gasteiger partial charge in [0.2, 0.25) is 5.91 Å². The molecule has 0 radical (unpaired) electrons. The average Bonchev–Trinajstić information content (AvgIpc) is 2.95. The number of carbonyl (C=O) groups excluding carboxylic acids is 1. The van der Waals surface area contributed by atoms with Crippen LogP contribution in [0.4, 0.5) is 0 Å². The molecule has 7 heteroatoms. The van der Waals surface area contributed by atoms with Crippen LogP contribution in [0.2, 0.25) is 0 Å². The largest absolute Gasteiger partial charge is 0.394 e. The molecule has 21 heavy (non-hydrogen) atoms. The molecule has 0 saturated heterocycles. The number of aliphatic hydroxyl groups excluding tert-OH is 1. The third-order valence-corrected chi connectivity index (χ3v) is 3.01. The van der Waals surface area contributed by atoms with Crippen LogP contribution in [0.5, 0.6) is 0 Å². The first-order valence-electron chi connectivity index (χ1n) is 6.74. The number of aromatic nitrogens is 3. The van der Waals surface area contributed by atoms with Gasteiger partial charge < -0.3 is 16.2 Å². The van der Waals surface area contributed by atoms with Crippen LogP contribution in [0, 0.1) is 0 Å². The van der Waals surface area contributed by atoms with Crippen molar-refractivity contribution in [3.63, 3.8) is 0 Å². The Labute approximate surface area is 122 Å². The number of nitrogens with one attached hydrogen (secondary N) is 1. The second-order valence-electron chi connectivity index (χ2n) is 4.75. The van der Waals surface area contributed by atoms with Crippen LogP contribution in [-0.4, -0.2) is 38.7 Å². The summed E-state index contributed by atoms with van der Waals surface area (Å²) < 4.78 is 1.43. The zero-order valence-electron chi connectivity index (χ0n) is 11.6. The summed E-state index contributed by atoms with van der Waals surface area (Å²) in [5, 5.41) is 19.8. The standard InChI is InChI=1S/C14H19N5O2/c15-7-13-8-19(18-17-13)9-14(21)16-12(10-20)6-11-4-2-1-3-5-11/h1-5,8,12,20H,6-7,9-10,15H2,(H,16,21). The third kappa shape index (κ3) is 4.66. The summed E-state index contributed by atoms with van der Waals surface area (Å²) in [7, 11) is 0. The van der Waals surface area contributed by atoms with Crippen LogP contribution in [0.15, 0.2) is 36.5 Å². The van der Waals surface area contributed by atoms with Gasteiger partial charge in [0.05, 0.1) is 24.5 Å². The van der Waals surface area contributed by atoms with E-state index in [1.54, 1.807) is 6.20 Å². The molecule has 2 aromatic rings. The quantitative estimate of drug-likeness (QED) is 0.634. The first-order chi connectivity index (χ1) is 10.2. The van der Waals surface area contributed by atoms with Gasteiger partial charge in [-0.25, -0.2) is 4.68 Å². The van der Waals surface area contributed by atoms with Gasteiger partial charge in [0.15, 0.2) is 0 Å². The van der Waals surface area contributed by atoms with E-state index >= 15 is 0 Å². The molecule has 1 unspecified atom stereocenters. The van der Waals surface area contributed by atoms with Gasteiger partial charge in [0.25, 0.3) is 0 Å². The Hall–Kier alpha value is -2.25. The van der Waals surface area contributed by atoms with E-state index in [-0.39, 0.29) is 31.6 Å². The van der Waals surface area contributed by atoms with E-state index in [0.717, 1.165) is 5.56 Å². The first kappa shape index (κ1) is 15.1. The van der Waals surface area contributed by atoms with Crippen molar-refractivity contribution in [1.82, 2.24) is 20.3 Å². The second-order valence-corrected chi connectivity index (χ2v) is 4.75. The Balaban J connectivity index is 1.87. The van der Waals surface area contributed by atoms with Crippen LogP contribution in [0.25, 0.3) is 0 Å². The first-order valence-corrected chi connectivity index (χ1v) is 6.74. The molecule has 1 amide bonds. The summed E-state index contributed by atoms with van der Waals surface area (Å²) in [6.45, 7) is 0.221. The monoisotopic (exact) mass is 289 g/mol. The van der Waals surface area contributed by atoms with Gasteiger partial charge in [-0.05, 0) is 12.0 Å². The van der Waals surface area contributed by atoms with Gasteiger partial charge in [0.1, 0.15) is 6.54 Å².